The number of alkyl halides is 2. The maximum absolute atomic E-state index is 12.5. The minimum absolute atomic E-state index is 0.0206. The lowest BCUT2D eigenvalue weighted by Crippen LogP contribution is -1.94. The van der Waals surface area contributed by atoms with Gasteiger partial charge in [0, 0.05) is 16.9 Å². The van der Waals surface area contributed by atoms with Crippen LogP contribution in [0, 0.1) is 11.3 Å². The van der Waals surface area contributed by atoms with Gasteiger partial charge in [0.15, 0.2) is 0 Å². The predicted octanol–water partition coefficient (Wildman–Crippen LogP) is 3.37. The number of nitriles is 1. The average molecular weight is 213 g/mol. The second kappa shape index (κ2) is 4.97. The van der Waals surface area contributed by atoms with Crippen molar-refractivity contribution >= 4 is 12.6 Å². The first kappa shape index (κ1) is 11.0. The van der Waals surface area contributed by atoms with Crippen molar-refractivity contribution in [1.29, 1.82) is 5.26 Å². The van der Waals surface area contributed by atoms with Gasteiger partial charge in [-0.05, 0) is 24.1 Å². The highest BCUT2D eigenvalue weighted by molar-refractivity contribution is 7.80. The summed E-state index contributed by atoms with van der Waals surface area (Å²) in [5.74, 6) is 0. The fourth-order valence-corrected chi connectivity index (χ4v) is 1.42. The van der Waals surface area contributed by atoms with Crippen LogP contribution < -0.4 is 0 Å². The van der Waals surface area contributed by atoms with E-state index in [2.05, 4.69) is 12.6 Å². The first-order chi connectivity index (χ1) is 6.65. The van der Waals surface area contributed by atoms with Crippen LogP contribution >= 0.6 is 12.6 Å². The molecule has 0 radical (unpaired) electrons. The van der Waals surface area contributed by atoms with Crippen molar-refractivity contribution in [3.05, 3.63) is 29.3 Å². The molecular formula is C10H9F2NS. The molecule has 0 N–H and O–H groups in total. The molecule has 0 atom stereocenters. The molecule has 0 bridgehead atoms. The number of hydrogen-bond acceptors (Lipinski definition) is 2. The van der Waals surface area contributed by atoms with Crippen molar-refractivity contribution < 1.29 is 8.78 Å². The van der Waals surface area contributed by atoms with E-state index < -0.39 is 6.43 Å². The van der Waals surface area contributed by atoms with Crippen LogP contribution in [0.25, 0.3) is 0 Å². The van der Waals surface area contributed by atoms with Crippen LogP contribution in [0.5, 0.6) is 0 Å². The van der Waals surface area contributed by atoms with E-state index >= 15 is 0 Å². The molecule has 0 amide bonds. The molecule has 4 heteroatoms. The normalized spacial score (nSPS) is 10.2. The minimum Gasteiger partial charge on any atom is -0.205 e. The molecule has 0 aromatic heterocycles. The summed E-state index contributed by atoms with van der Waals surface area (Å²) in [7, 11) is 0. The number of rotatable bonds is 3. The average Bonchev–Trinajstić information content (AvgIpc) is 2.15. The third-order valence-electron chi connectivity index (χ3n) is 1.87. The molecule has 0 spiro atoms. The highest BCUT2D eigenvalue weighted by atomic mass is 32.1. The Morgan fingerprint density at radius 1 is 1.43 bits per heavy atom. The van der Waals surface area contributed by atoms with Gasteiger partial charge in [-0.25, -0.2) is 8.78 Å². The lowest BCUT2D eigenvalue weighted by Gasteiger charge is -2.07. The summed E-state index contributed by atoms with van der Waals surface area (Å²) in [6.45, 7) is 0. The van der Waals surface area contributed by atoms with E-state index in [1.165, 1.54) is 6.07 Å². The predicted molar refractivity (Wildman–Crippen MR) is 52.6 cm³/mol. The Kier molecular flexibility index (Phi) is 3.90. The molecule has 1 rings (SSSR count). The maximum Gasteiger partial charge on any atom is 0.264 e. The van der Waals surface area contributed by atoms with Gasteiger partial charge in [0.1, 0.15) is 0 Å². The number of hydrogen-bond donors (Lipinski definition) is 1. The largest absolute Gasteiger partial charge is 0.264 e. The van der Waals surface area contributed by atoms with Crippen LogP contribution in [-0.2, 0) is 6.42 Å². The number of aryl methyl sites for hydroxylation is 1. The number of halogens is 2. The van der Waals surface area contributed by atoms with Gasteiger partial charge in [0.2, 0.25) is 0 Å². The second-order valence-corrected chi connectivity index (χ2v) is 3.36. The SMILES string of the molecule is N#CCCc1ccc(S)cc1C(F)F. The molecule has 1 aromatic carbocycles. The fraction of sp³-hybridized carbons (Fsp3) is 0.300. The fourth-order valence-electron chi connectivity index (χ4n) is 1.20. The Morgan fingerprint density at radius 2 is 2.14 bits per heavy atom. The summed E-state index contributed by atoms with van der Waals surface area (Å²) in [5, 5.41) is 8.36. The van der Waals surface area contributed by atoms with E-state index in [-0.39, 0.29) is 12.0 Å². The molecule has 0 saturated carbocycles. The zero-order chi connectivity index (χ0) is 10.6. The Hall–Kier alpha value is -1.08. The summed E-state index contributed by atoms with van der Waals surface area (Å²) in [4.78, 5) is 0.515. The Bertz CT molecular complexity index is 358. The smallest absolute Gasteiger partial charge is 0.205 e. The number of benzene rings is 1. The van der Waals surface area contributed by atoms with Crippen molar-refractivity contribution in [3.63, 3.8) is 0 Å². The molecule has 0 aliphatic carbocycles. The first-order valence-electron chi connectivity index (χ1n) is 4.12. The topological polar surface area (TPSA) is 23.8 Å². The molecule has 0 aliphatic rings. The zero-order valence-electron chi connectivity index (χ0n) is 7.37. The van der Waals surface area contributed by atoms with E-state index in [4.69, 9.17) is 5.26 Å². The van der Waals surface area contributed by atoms with Crippen LogP contribution in [0.1, 0.15) is 24.0 Å². The summed E-state index contributed by atoms with van der Waals surface area (Å²) in [5.41, 5.74) is 0.507. The molecule has 1 aromatic rings. The zero-order valence-corrected chi connectivity index (χ0v) is 8.27. The van der Waals surface area contributed by atoms with Gasteiger partial charge in [0.05, 0.1) is 6.07 Å². The van der Waals surface area contributed by atoms with Crippen molar-refractivity contribution in [2.45, 2.75) is 24.2 Å². The monoisotopic (exact) mass is 213 g/mol. The summed E-state index contributed by atoms with van der Waals surface area (Å²) in [6.07, 6.45) is -1.88. The third-order valence-corrected chi connectivity index (χ3v) is 2.15. The summed E-state index contributed by atoms with van der Waals surface area (Å²) >= 11 is 3.99. The molecule has 1 nitrogen and oxygen atoms in total. The van der Waals surface area contributed by atoms with Crippen LogP contribution in [-0.4, -0.2) is 0 Å². The van der Waals surface area contributed by atoms with Crippen molar-refractivity contribution in [1.82, 2.24) is 0 Å². The Labute approximate surface area is 86.8 Å². The van der Waals surface area contributed by atoms with Gasteiger partial charge in [-0.15, -0.1) is 12.6 Å². The van der Waals surface area contributed by atoms with Gasteiger partial charge >= 0.3 is 0 Å². The molecule has 14 heavy (non-hydrogen) atoms. The quantitative estimate of drug-likeness (QED) is 0.764. The maximum atomic E-state index is 12.5. The first-order valence-corrected chi connectivity index (χ1v) is 4.56. The van der Waals surface area contributed by atoms with Crippen LogP contribution in [0.15, 0.2) is 23.1 Å². The standard InChI is InChI=1S/C10H9F2NS/c11-10(12)9-6-8(14)4-3-7(9)2-1-5-13/h3-4,6,10,14H,1-2H2. The molecular weight excluding hydrogens is 204 g/mol. The Balaban J connectivity index is 2.97. The molecule has 0 heterocycles. The Morgan fingerprint density at radius 3 is 2.71 bits per heavy atom. The highest BCUT2D eigenvalue weighted by Crippen LogP contribution is 2.26. The summed E-state index contributed by atoms with van der Waals surface area (Å²) < 4.78 is 25.0. The molecule has 74 valence electrons. The second-order valence-electron chi connectivity index (χ2n) is 2.84. The van der Waals surface area contributed by atoms with Crippen molar-refractivity contribution in [3.8, 4) is 6.07 Å². The van der Waals surface area contributed by atoms with Crippen LogP contribution in [0.4, 0.5) is 8.78 Å². The van der Waals surface area contributed by atoms with Gasteiger partial charge in [-0.3, -0.25) is 0 Å². The van der Waals surface area contributed by atoms with Gasteiger partial charge in [0.25, 0.3) is 6.43 Å². The van der Waals surface area contributed by atoms with E-state index in [9.17, 15) is 8.78 Å². The molecule has 0 aliphatic heterocycles. The van der Waals surface area contributed by atoms with Gasteiger partial charge in [-0.2, -0.15) is 5.26 Å². The van der Waals surface area contributed by atoms with Crippen LogP contribution in [0.2, 0.25) is 0 Å². The number of nitrogens with zero attached hydrogens (tertiary/aromatic N) is 1. The molecule has 0 unspecified atom stereocenters. The summed E-state index contributed by atoms with van der Waals surface area (Å²) in [6, 6.07) is 6.53. The molecule has 0 fully saturated rings. The van der Waals surface area contributed by atoms with E-state index in [1.807, 2.05) is 6.07 Å². The number of thiol groups is 1. The van der Waals surface area contributed by atoms with E-state index in [0.29, 0.717) is 16.9 Å². The third kappa shape index (κ3) is 2.71. The van der Waals surface area contributed by atoms with Gasteiger partial charge in [-0.1, -0.05) is 6.07 Å². The minimum atomic E-state index is -2.50. The molecule has 0 saturated heterocycles. The lowest BCUT2D eigenvalue weighted by atomic mass is 10.0. The lowest BCUT2D eigenvalue weighted by molar-refractivity contribution is 0.150. The van der Waals surface area contributed by atoms with Crippen molar-refractivity contribution in [2.75, 3.05) is 0 Å². The van der Waals surface area contributed by atoms with E-state index in [1.54, 1.807) is 12.1 Å². The van der Waals surface area contributed by atoms with Crippen molar-refractivity contribution in [2.24, 2.45) is 0 Å². The van der Waals surface area contributed by atoms with Crippen LogP contribution in [0.3, 0.4) is 0 Å². The highest BCUT2D eigenvalue weighted by Gasteiger charge is 2.12. The van der Waals surface area contributed by atoms with Gasteiger partial charge < -0.3 is 0 Å². The van der Waals surface area contributed by atoms with E-state index in [0.717, 1.165) is 0 Å².